The van der Waals surface area contributed by atoms with E-state index in [1.54, 1.807) is 39.0 Å². The van der Waals surface area contributed by atoms with E-state index in [0.717, 1.165) is 20.8 Å². The Morgan fingerprint density at radius 1 is 0.939 bits per heavy atom. The van der Waals surface area contributed by atoms with Gasteiger partial charge < -0.3 is 38.6 Å². The van der Waals surface area contributed by atoms with E-state index in [0.29, 0.717) is 0 Å². The van der Waals surface area contributed by atoms with Crippen LogP contribution in [0.4, 0.5) is 4.79 Å². The van der Waals surface area contributed by atoms with Crippen LogP contribution < -0.4 is 0 Å². The second-order valence-corrected chi connectivity index (χ2v) is 14.1. The number of ether oxygens (including phenoxy) is 6. The zero-order valence-electron chi connectivity index (χ0n) is 28.6. The molecule has 1 aliphatic heterocycles. The van der Waals surface area contributed by atoms with Gasteiger partial charge in [0.2, 0.25) is 5.60 Å². The quantitative estimate of drug-likeness (QED) is 0.251. The van der Waals surface area contributed by atoms with E-state index in [4.69, 9.17) is 28.4 Å². The first-order valence-corrected chi connectivity index (χ1v) is 16.0. The molecule has 1 heterocycles. The van der Waals surface area contributed by atoms with Crippen molar-refractivity contribution in [1.82, 2.24) is 0 Å². The Hall–Kier alpha value is -4.30. The maximum Gasteiger partial charge on any atom is 0.509 e. The summed E-state index contributed by atoms with van der Waals surface area (Å²) in [6.45, 7) is 9.96. The molecule has 10 atom stereocenters. The molecule has 266 valence electrons. The third-order valence-corrected chi connectivity index (χ3v) is 11.1. The predicted octanol–water partition coefficient (Wildman–Crippen LogP) is 2.61. The van der Waals surface area contributed by atoms with Gasteiger partial charge in [-0.2, -0.15) is 0 Å². The molecule has 0 radical (unpaired) electrons. The molecule has 0 unspecified atom stereocenters. The van der Waals surface area contributed by atoms with Crippen LogP contribution in [0.2, 0.25) is 0 Å². The van der Waals surface area contributed by atoms with E-state index in [1.165, 1.54) is 26.0 Å². The molecule has 4 aliphatic rings. The Kier molecular flexibility index (Phi) is 8.99. The summed E-state index contributed by atoms with van der Waals surface area (Å²) in [6, 6.07) is 7.77. The first-order valence-electron chi connectivity index (χ1n) is 16.0. The number of aliphatic hydroxyl groups excluding tert-OH is 2. The second-order valence-electron chi connectivity index (χ2n) is 14.1. The van der Waals surface area contributed by atoms with Crippen LogP contribution in [0.1, 0.15) is 72.2 Å². The van der Waals surface area contributed by atoms with Gasteiger partial charge in [0.05, 0.1) is 23.5 Å². The number of Topliss-reactive ketones (excluding diaryl/α,β-unsaturated/α-hetero) is 1. The molecule has 5 rings (SSSR count). The van der Waals surface area contributed by atoms with E-state index in [1.807, 2.05) is 0 Å². The fraction of sp³-hybridized carbons (Fsp3) is 0.600. The van der Waals surface area contributed by atoms with Gasteiger partial charge in [-0.05, 0) is 43.5 Å². The molecule has 2 N–H and O–H groups in total. The number of fused-ring (bicyclic) bond motifs is 2. The average molecular weight is 687 g/mol. The highest BCUT2D eigenvalue weighted by Gasteiger charge is 2.81. The topological polar surface area (TPSA) is 198 Å². The summed E-state index contributed by atoms with van der Waals surface area (Å²) in [5, 5.41) is 23.2. The van der Waals surface area contributed by atoms with Crippen molar-refractivity contribution in [2.45, 2.75) is 104 Å². The number of benzene rings is 1. The summed E-state index contributed by atoms with van der Waals surface area (Å²) in [4.78, 5) is 81.2. The van der Waals surface area contributed by atoms with Crippen molar-refractivity contribution < 1.29 is 67.4 Å². The van der Waals surface area contributed by atoms with E-state index < -0.39 is 107 Å². The summed E-state index contributed by atoms with van der Waals surface area (Å²) in [6.07, 6.45) is -9.64. The third kappa shape index (κ3) is 5.13. The SMILES string of the molecule is CC(=O)O[C@H]1C(=O)[C@]2(C)[C@@H](OC(C)=O)C[C@@H](C)[C@](CO)(OC(C)=O)[C@H]2[C@H](OC(=O)c2ccccc2)[C@]23OC(=O)O[C@H]2[C@H](O)C(C)=C1C3(C)C. The Bertz CT molecular complexity index is 1610. The number of aliphatic hydroxyl groups is 2. The van der Waals surface area contributed by atoms with Crippen molar-refractivity contribution in [3.63, 3.8) is 0 Å². The van der Waals surface area contributed by atoms with Crippen LogP contribution in [-0.2, 0) is 47.6 Å². The summed E-state index contributed by atoms with van der Waals surface area (Å²) in [5.74, 6) is -6.94. The van der Waals surface area contributed by atoms with E-state index >= 15 is 4.79 Å². The Labute approximate surface area is 283 Å². The van der Waals surface area contributed by atoms with Gasteiger partial charge in [0.25, 0.3) is 0 Å². The minimum Gasteiger partial charge on any atom is -0.461 e. The van der Waals surface area contributed by atoms with Gasteiger partial charge in [0, 0.05) is 32.1 Å². The molecule has 0 aromatic heterocycles. The normalized spacial score (nSPS) is 37.6. The monoisotopic (exact) mass is 686 g/mol. The molecule has 1 saturated heterocycles. The molecule has 14 heteroatoms. The van der Waals surface area contributed by atoms with E-state index in [2.05, 4.69) is 0 Å². The minimum absolute atomic E-state index is 0.0393. The van der Waals surface area contributed by atoms with Crippen LogP contribution in [-0.4, -0.2) is 94.4 Å². The van der Waals surface area contributed by atoms with Gasteiger partial charge in [0.1, 0.15) is 17.8 Å². The van der Waals surface area contributed by atoms with Crippen molar-refractivity contribution >= 4 is 35.8 Å². The highest BCUT2D eigenvalue weighted by atomic mass is 16.8. The van der Waals surface area contributed by atoms with Crippen LogP contribution >= 0.6 is 0 Å². The number of esters is 4. The van der Waals surface area contributed by atoms with Crippen molar-refractivity contribution in [2.75, 3.05) is 6.61 Å². The summed E-state index contributed by atoms with van der Waals surface area (Å²) in [5.41, 5.74) is -7.84. The summed E-state index contributed by atoms with van der Waals surface area (Å²) >= 11 is 0. The average Bonchev–Trinajstić information content (AvgIpc) is 3.39. The molecule has 3 fully saturated rings. The number of carbonyl (C=O) groups is 6. The van der Waals surface area contributed by atoms with Gasteiger partial charge in [-0.1, -0.05) is 39.0 Å². The lowest BCUT2D eigenvalue weighted by atomic mass is 9.44. The fourth-order valence-corrected chi connectivity index (χ4v) is 9.00. The van der Waals surface area contributed by atoms with Gasteiger partial charge in [-0.25, -0.2) is 9.59 Å². The summed E-state index contributed by atoms with van der Waals surface area (Å²) < 4.78 is 35.7. The van der Waals surface area contributed by atoms with Gasteiger partial charge in [-0.3, -0.25) is 19.2 Å². The fourth-order valence-electron chi connectivity index (χ4n) is 9.00. The smallest absolute Gasteiger partial charge is 0.461 e. The molecular weight excluding hydrogens is 644 g/mol. The molecule has 3 aliphatic carbocycles. The lowest BCUT2D eigenvalue weighted by molar-refractivity contribution is -0.281. The van der Waals surface area contributed by atoms with Crippen LogP contribution in [0.25, 0.3) is 0 Å². The Morgan fingerprint density at radius 2 is 1.55 bits per heavy atom. The van der Waals surface area contributed by atoms with Crippen molar-refractivity contribution in [1.29, 1.82) is 0 Å². The van der Waals surface area contributed by atoms with Crippen LogP contribution in [0.5, 0.6) is 0 Å². The number of carbonyl (C=O) groups excluding carboxylic acids is 6. The third-order valence-electron chi connectivity index (χ3n) is 11.1. The van der Waals surface area contributed by atoms with Crippen LogP contribution in [0, 0.1) is 22.7 Å². The molecular formula is C35H42O14. The first-order chi connectivity index (χ1) is 22.8. The number of ketones is 1. The number of hydrogen-bond donors (Lipinski definition) is 2. The Balaban J connectivity index is 1.98. The van der Waals surface area contributed by atoms with Gasteiger partial charge >= 0.3 is 30.0 Å². The zero-order valence-corrected chi connectivity index (χ0v) is 28.6. The standard InChI is InChI=1S/C35H42O14/c1-16-14-22(44-18(3)37)33(8)26(34(16,15-36)48-20(5)39)29(46-30(42)21-12-10-9-11-13-21)35-28(47-31(43)49-35)24(40)17(2)23(32(35,6)7)25(27(33)41)45-19(4)38/h9-13,16,22,24-26,28-29,36,40H,14-15H2,1-8H3/t16-,22+,24-,25-,26+,28+,29+,33-,34+,35-/m1/s1. The second kappa shape index (κ2) is 12.2. The molecule has 1 aromatic carbocycles. The minimum atomic E-state index is -2.23. The first kappa shape index (κ1) is 36.0. The zero-order chi connectivity index (χ0) is 36.4. The molecule has 49 heavy (non-hydrogen) atoms. The molecule has 2 saturated carbocycles. The molecule has 1 aromatic rings. The van der Waals surface area contributed by atoms with Crippen molar-refractivity contribution in [3.05, 3.63) is 47.0 Å². The highest BCUT2D eigenvalue weighted by molar-refractivity contribution is 5.96. The van der Waals surface area contributed by atoms with Crippen molar-refractivity contribution in [3.8, 4) is 0 Å². The summed E-state index contributed by atoms with van der Waals surface area (Å²) in [7, 11) is 0. The Morgan fingerprint density at radius 3 is 2.10 bits per heavy atom. The highest BCUT2D eigenvalue weighted by Crippen LogP contribution is 2.66. The number of rotatable bonds is 6. The maximum atomic E-state index is 15.4. The van der Waals surface area contributed by atoms with Crippen molar-refractivity contribution in [2.24, 2.45) is 22.7 Å². The van der Waals surface area contributed by atoms with Crippen LogP contribution in [0.3, 0.4) is 0 Å². The lowest BCUT2D eigenvalue weighted by Crippen LogP contribution is -2.79. The van der Waals surface area contributed by atoms with E-state index in [-0.39, 0.29) is 23.1 Å². The van der Waals surface area contributed by atoms with Gasteiger partial charge in [0.15, 0.2) is 24.1 Å². The maximum absolute atomic E-state index is 15.4. The molecule has 14 nitrogen and oxygen atoms in total. The molecule has 1 spiro atoms. The number of hydrogen-bond acceptors (Lipinski definition) is 14. The molecule has 2 bridgehead atoms. The lowest BCUT2D eigenvalue weighted by Gasteiger charge is -2.64. The largest absolute Gasteiger partial charge is 0.509 e. The van der Waals surface area contributed by atoms with E-state index in [9.17, 15) is 34.2 Å². The molecule has 0 amide bonds. The van der Waals surface area contributed by atoms with Crippen LogP contribution in [0.15, 0.2) is 41.5 Å². The predicted molar refractivity (Wildman–Crippen MR) is 165 cm³/mol. The van der Waals surface area contributed by atoms with Gasteiger partial charge in [-0.15, -0.1) is 0 Å².